The molecule has 1 fully saturated rings. The number of halogens is 3. The molecule has 2 rings (SSSR count). The van der Waals surface area contributed by atoms with Crippen molar-refractivity contribution in [3.8, 4) is 0 Å². The molecule has 0 aliphatic carbocycles. The van der Waals surface area contributed by atoms with Crippen molar-refractivity contribution in [2.45, 2.75) is 26.2 Å². The van der Waals surface area contributed by atoms with Crippen molar-refractivity contribution in [2.75, 3.05) is 18.4 Å². The fourth-order valence-corrected chi connectivity index (χ4v) is 2.50. The first-order valence-electron chi connectivity index (χ1n) is 7.16. The number of anilines is 1. The van der Waals surface area contributed by atoms with Crippen LogP contribution in [0.15, 0.2) is 12.1 Å². The van der Waals surface area contributed by atoms with Gasteiger partial charge in [0.1, 0.15) is 0 Å². The quantitative estimate of drug-likeness (QED) is 0.872. The summed E-state index contributed by atoms with van der Waals surface area (Å²) in [7, 11) is 0. The van der Waals surface area contributed by atoms with Crippen LogP contribution in [0.25, 0.3) is 0 Å². The Morgan fingerprint density at radius 1 is 1.27 bits per heavy atom. The minimum atomic E-state index is -1.62. The van der Waals surface area contributed by atoms with E-state index in [0.29, 0.717) is 25.8 Å². The number of piperidine rings is 1. The number of benzene rings is 1. The highest BCUT2D eigenvalue weighted by molar-refractivity contribution is 5.93. The molecule has 120 valence electrons. The van der Waals surface area contributed by atoms with E-state index in [1.54, 1.807) is 11.8 Å². The van der Waals surface area contributed by atoms with E-state index in [1.807, 2.05) is 0 Å². The van der Waals surface area contributed by atoms with Crippen LogP contribution in [0.3, 0.4) is 0 Å². The van der Waals surface area contributed by atoms with Gasteiger partial charge in [-0.15, -0.1) is 0 Å². The molecule has 4 nitrogen and oxygen atoms in total. The summed E-state index contributed by atoms with van der Waals surface area (Å²) in [6.07, 6.45) is 1.58. The predicted octanol–water partition coefficient (Wildman–Crippen LogP) is 2.69. The van der Waals surface area contributed by atoms with Gasteiger partial charge in [-0.2, -0.15) is 0 Å². The first-order chi connectivity index (χ1) is 10.4. The maximum Gasteiger partial charge on any atom is 0.229 e. The monoisotopic (exact) mass is 314 g/mol. The van der Waals surface area contributed by atoms with Gasteiger partial charge in [-0.25, -0.2) is 13.2 Å². The number of carbonyl (C=O) groups is 2. The molecule has 1 N–H and O–H groups in total. The average Bonchev–Trinajstić information content (AvgIpc) is 2.54. The Kier molecular flexibility index (Phi) is 5.05. The summed E-state index contributed by atoms with van der Waals surface area (Å²) in [5.74, 6) is -5.39. The maximum atomic E-state index is 13.6. The van der Waals surface area contributed by atoms with Gasteiger partial charge in [0.05, 0.1) is 11.6 Å². The van der Waals surface area contributed by atoms with E-state index < -0.39 is 35.0 Å². The van der Waals surface area contributed by atoms with Crippen molar-refractivity contribution >= 4 is 17.5 Å². The lowest BCUT2D eigenvalue weighted by atomic mass is 9.96. The standard InChI is InChI=1S/C15H17F3N2O2/c1-2-12(21)20-7-3-4-9(8-20)15(22)19-11-6-5-10(16)13(17)14(11)18/h5-6,9H,2-4,7-8H2,1H3,(H,19,22)/t9-/m1/s1. The van der Waals surface area contributed by atoms with Crippen molar-refractivity contribution in [1.29, 1.82) is 0 Å². The molecule has 22 heavy (non-hydrogen) atoms. The van der Waals surface area contributed by atoms with Crippen LogP contribution < -0.4 is 5.32 Å². The molecule has 1 aliphatic heterocycles. The lowest BCUT2D eigenvalue weighted by Crippen LogP contribution is -2.43. The minimum Gasteiger partial charge on any atom is -0.342 e. The zero-order valence-corrected chi connectivity index (χ0v) is 12.2. The van der Waals surface area contributed by atoms with Gasteiger partial charge in [0, 0.05) is 19.5 Å². The Morgan fingerprint density at radius 3 is 2.68 bits per heavy atom. The van der Waals surface area contributed by atoms with Crippen molar-refractivity contribution in [3.63, 3.8) is 0 Å². The molecule has 0 spiro atoms. The molecule has 2 amide bonds. The molecular formula is C15H17F3N2O2. The largest absolute Gasteiger partial charge is 0.342 e. The SMILES string of the molecule is CCC(=O)N1CCC[C@@H](C(=O)Nc2ccc(F)c(F)c2F)C1. The summed E-state index contributed by atoms with van der Waals surface area (Å²) >= 11 is 0. The third-order valence-corrected chi connectivity index (χ3v) is 3.74. The Balaban J connectivity index is 2.06. The van der Waals surface area contributed by atoms with Crippen LogP contribution in [0, 0.1) is 23.4 Å². The Hall–Kier alpha value is -2.05. The second-order valence-corrected chi connectivity index (χ2v) is 5.24. The van der Waals surface area contributed by atoms with E-state index in [4.69, 9.17) is 0 Å². The predicted molar refractivity (Wildman–Crippen MR) is 74.5 cm³/mol. The summed E-state index contributed by atoms with van der Waals surface area (Å²) in [4.78, 5) is 25.4. The molecule has 0 unspecified atom stereocenters. The zero-order chi connectivity index (χ0) is 16.3. The molecule has 1 aromatic rings. The van der Waals surface area contributed by atoms with E-state index in [2.05, 4.69) is 5.32 Å². The molecule has 1 aliphatic rings. The molecule has 0 bridgehead atoms. The molecule has 7 heteroatoms. The zero-order valence-electron chi connectivity index (χ0n) is 12.2. The van der Waals surface area contributed by atoms with Gasteiger partial charge >= 0.3 is 0 Å². The van der Waals surface area contributed by atoms with Crippen LogP contribution in [0.2, 0.25) is 0 Å². The number of nitrogens with one attached hydrogen (secondary N) is 1. The van der Waals surface area contributed by atoms with Gasteiger partial charge in [-0.1, -0.05) is 6.92 Å². The fraction of sp³-hybridized carbons (Fsp3) is 0.467. The Labute approximate surface area is 126 Å². The number of carbonyl (C=O) groups excluding carboxylic acids is 2. The van der Waals surface area contributed by atoms with Crippen molar-refractivity contribution in [3.05, 3.63) is 29.6 Å². The number of nitrogens with zero attached hydrogens (tertiary/aromatic N) is 1. The summed E-state index contributed by atoms with van der Waals surface area (Å²) in [5, 5.41) is 2.27. The topological polar surface area (TPSA) is 49.4 Å². The van der Waals surface area contributed by atoms with Crippen LogP contribution in [-0.2, 0) is 9.59 Å². The Bertz CT molecular complexity index is 592. The van der Waals surface area contributed by atoms with Gasteiger partial charge in [0.2, 0.25) is 11.8 Å². The summed E-state index contributed by atoms with van der Waals surface area (Å²) in [6.45, 7) is 2.59. The number of rotatable bonds is 3. The van der Waals surface area contributed by atoms with Crippen molar-refractivity contribution < 1.29 is 22.8 Å². The minimum absolute atomic E-state index is 0.0449. The first kappa shape index (κ1) is 16.3. The molecule has 1 saturated heterocycles. The van der Waals surface area contributed by atoms with Crippen molar-refractivity contribution in [1.82, 2.24) is 4.90 Å². The normalized spacial score (nSPS) is 18.2. The van der Waals surface area contributed by atoms with E-state index in [9.17, 15) is 22.8 Å². The molecule has 1 heterocycles. The van der Waals surface area contributed by atoms with Gasteiger partial charge in [-0.05, 0) is 25.0 Å². The summed E-state index contributed by atoms with van der Waals surface area (Å²) < 4.78 is 39.6. The molecule has 0 aromatic heterocycles. The molecular weight excluding hydrogens is 297 g/mol. The number of likely N-dealkylation sites (tertiary alicyclic amines) is 1. The van der Waals surface area contributed by atoms with E-state index in [0.717, 1.165) is 12.1 Å². The van der Waals surface area contributed by atoms with Gasteiger partial charge in [-0.3, -0.25) is 9.59 Å². The highest BCUT2D eigenvalue weighted by Crippen LogP contribution is 2.23. The van der Waals surface area contributed by atoms with E-state index in [1.165, 1.54) is 0 Å². The van der Waals surface area contributed by atoms with Crippen molar-refractivity contribution in [2.24, 2.45) is 5.92 Å². The highest BCUT2D eigenvalue weighted by Gasteiger charge is 2.28. The van der Waals surface area contributed by atoms with Gasteiger partial charge in [0.15, 0.2) is 17.5 Å². The molecule has 0 radical (unpaired) electrons. The lowest BCUT2D eigenvalue weighted by molar-refractivity contribution is -0.134. The van der Waals surface area contributed by atoms with Gasteiger partial charge < -0.3 is 10.2 Å². The van der Waals surface area contributed by atoms with E-state index >= 15 is 0 Å². The Morgan fingerprint density at radius 2 is 2.00 bits per heavy atom. The summed E-state index contributed by atoms with van der Waals surface area (Å²) in [6, 6.07) is 1.73. The van der Waals surface area contributed by atoms with Gasteiger partial charge in [0.25, 0.3) is 0 Å². The molecule has 1 aromatic carbocycles. The fourth-order valence-electron chi connectivity index (χ4n) is 2.50. The summed E-state index contributed by atoms with van der Waals surface area (Å²) in [5.41, 5.74) is -0.400. The lowest BCUT2D eigenvalue weighted by Gasteiger charge is -2.31. The van der Waals surface area contributed by atoms with E-state index in [-0.39, 0.29) is 12.5 Å². The highest BCUT2D eigenvalue weighted by atomic mass is 19.2. The second-order valence-electron chi connectivity index (χ2n) is 5.24. The average molecular weight is 314 g/mol. The van der Waals surface area contributed by atoms with Crippen LogP contribution in [0.5, 0.6) is 0 Å². The first-order valence-corrected chi connectivity index (χ1v) is 7.16. The molecule has 0 saturated carbocycles. The maximum absolute atomic E-state index is 13.6. The van der Waals surface area contributed by atoms with Crippen LogP contribution in [-0.4, -0.2) is 29.8 Å². The molecule has 1 atom stereocenters. The number of hydrogen-bond acceptors (Lipinski definition) is 2. The smallest absolute Gasteiger partial charge is 0.229 e. The van der Waals surface area contributed by atoms with Crippen LogP contribution >= 0.6 is 0 Å². The third kappa shape index (κ3) is 3.40. The third-order valence-electron chi connectivity index (χ3n) is 3.74. The van der Waals surface area contributed by atoms with Crippen LogP contribution in [0.4, 0.5) is 18.9 Å². The number of amides is 2. The second kappa shape index (κ2) is 6.81. The number of hydrogen-bond donors (Lipinski definition) is 1. The van der Waals surface area contributed by atoms with Crippen LogP contribution in [0.1, 0.15) is 26.2 Å².